The molecule has 3 nitrogen and oxygen atoms in total. The minimum atomic E-state index is -4.43. The molecular formula is C18H18ClF3O3. The summed E-state index contributed by atoms with van der Waals surface area (Å²) in [6.07, 6.45) is -4.24. The van der Waals surface area contributed by atoms with E-state index < -0.39 is 17.3 Å². The molecule has 0 spiro atoms. The molecule has 25 heavy (non-hydrogen) atoms. The first kappa shape index (κ1) is 19.2. The van der Waals surface area contributed by atoms with Crippen LogP contribution in [-0.2, 0) is 18.2 Å². The molecule has 136 valence electrons. The summed E-state index contributed by atoms with van der Waals surface area (Å²) < 4.78 is 44.8. The molecule has 2 N–H and O–H groups in total. The highest BCUT2D eigenvalue weighted by atomic mass is 35.5. The lowest BCUT2D eigenvalue weighted by Gasteiger charge is -2.28. The number of aryl methyl sites for hydroxylation is 1. The zero-order valence-electron chi connectivity index (χ0n) is 13.9. The first-order valence-electron chi connectivity index (χ1n) is 7.56. The zero-order chi connectivity index (χ0) is 19.0. The number of alkyl halides is 3. The Hall–Kier alpha value is -2.08. The van der Waals surface area contributed by atoms with Crippen LogP contribution >= 0.6 is 11.6 Å². The van der Waals surface area contributed by atoms with Crippen LogP contribution in [0.2, 0.25) is 5.02 Å². The van der Waals surface area contributed by atoms with Crippen LogP contribution in [0.1, 0.15) is 37.5 Å². The lowest BCUT2D eigenvalue weighted by molar-refractivity contribution is -0.138. The third-order valence-corrected chi connectivity index (χ3v) is 4.12. The van der Waals surface area contributed by atoms with Crippen molar-refractivity contribution < 1.29 is 28.1 Å². The van der Waals surface area contributed by atoms with Crippen LogP contribution in [0.4, 0.5) is 13.2 Å². The van der Waals surface area contributed by atoms with E-state index in [0.29, 0.717) is 0 Å². The molecule has 0 heterocycles. The topological polar surface area (TPSA) is 49.7 Å². The highest BCUT2D eigenvalue weighted by molar-refractivity contribution is 6.32. The van der Waals surface area contributed by atoms with Crippen LogP contribution in [0.3, 0.4) is 0 Å². The van der Waals surface area contributed by atoms with Crippen molar-refractivity contribution in [3.05, 3.63) is 52.0 Å². The first-order chi connectivity index (χ1) is 11.5. The number of ether oxygens (including phenoxy) is 1. The van der Waals surface area contributed by atoms with E-state index in [1.165, 1.54) is 24.3 Å². The van der Waals surface area contributed by atoms with Crippen LogP contribution < -0.4 is 4.74 Å². The normalized spacial score (nSPS) is 12.3. The average molecular weight is 375 g/mol. The Labute approximate surface area is 148 Å². The van der Waals surface area contributed by atoms with Gasteiger partial charge in [0, 0.05) is 11.6 Å². The van der Waals surface area contributed by atoms with E-state index in [4.69, 9.17) is 16.3 Å². The van der Waals surface area contributed by atoms with E-state index in [2.05, 4.69) is 0 Å². The van der Waals surface area contributed by atoms with Gasteiger partial charge in [0.05, 0.1) is 10.6 Å². The van der Waals surface area contributed by atoms with Crippen molar-refractivity contribution in [3.8, 4) is 17.2 Å². The second kappa shape index (κ2) is 6.67. The van der Waals surface area contributed by atoms with E-state index in [9.17, 15) is 23.4 Å². The largest absolute Gasteiger partial charge is 0.508 e. The molecule has 0 atom stereocenters. The summed E-state index contributed by atoms with van der Waals surface area (Å²) in [5.41, 5.74) is -1.52. The molecule has 0 amide bonds. The number of hydrogen-bond acceptors (Lipinski definition) is 3. The van der Waals surface area contributed by atoms with Gasteiger partial charge in [-0.25, -0.2) is 0 Å². The summed E-state index contributed by atoms with van der Waals surface area (Å²) in [5, 5.41) is 19.7. The van der Waals surface area contributed by atoms with E-state index in [1.54, 1.807) is 20.8 Å². The van der Waals surface area contributed by atoms with Gasteiger partial charge in [0.15, 0.2) is 0 Å². The van der Waals surface area contributed by atoms with Gasteiger partial charge in [-0.1, -0.05) is 18.5 Å². The van der Waals surface area contributed by atoms with Gasteiger partial charge < -0.3 is 14.9 Å². The Balaban J connectivity index is 2.42. The van der Waals surface area contributed by atoms with Crippen LogP contribution in [0.15, 0.2) is 30.3 Å². The molecule has 0 fully saturated rings. The molecule has 0 saturated heterocycles. The first-order valence-corrected chi connectivity index (χ1v) is 7.94. The lowest BCUT2D eigenvalue weighted by atomic mass is 9.96. The fourth-order valence-corrected chi connectivity index (χ4v) is 2.81. The Morgan fingerprint density at radius 2 is 1.68 bits per heavy atom. The number of phenols is 2. The minimum Gasteiger partial charge on any atom is -0.508 e. The fraction of sp³-hybridized carbons (Fsp3) is 0.333. The van der Waals surface area contributed by atoms with Gasteiger partial charge in [0.25, 0.3) is 0 Å². The molecule has 0 saturated carbocycles. The Bertz CT molecular complexity index is 786. The average Bonchev–Trinajstić information content (AvgIpc) is 2.49. The molecule has 2 aromatic carbocycles. The van der Waals surface area contributed by atoms with Gasteiger partial charge in [-0.3, -0.25) is 0 Å². The van der Waals surface area contributed by atoms with Crippen molar-refractivity contribution in [2.24, 2.45) is 0 Å². The van der Waals surface area contributed by atoms with Gasteiger partial charge in [0.1, 0.15) is 22.8 Å². The number of halogens is 4. The van der Waals surface area contributed by atoms with E-state index in [-0.39, 0.29) is 39.8 Å². The SMILES string of the molecule is CCc1cc(OC(C)(C)c2cc(O)cc(Cl)c2O)ccc1C(F)(F)F. The third-order valence-electron chi connectivity index (χ3n) is 3.83. The summed E-state index contributed by atoms with van der Waals surface area (Å²) in [5.74, 6) is -0.197. The Morgan fingerprint density at radius 1 is 1.04 bits per heavy atom. The minimum absolute atomic E-state index is 0.0478. The van der Waals surface area contributed by atoms with Gasteiger partial charge in [0.2, 0.25) is 0 Å². The second-order valence-electron chi connectivity index (χ2n) is 6.11. The standard InChI is InChI=1S/C18H18ClF3O3/c1-4-10-7-12(5-6-13(10)18(20,21)22)25-17(2,3)14-8-11(23)9-15(19)16(14)24/h5-9,23-24H,4H2,1-3H3. The number of hydrogen-bond donors (Lipinski definition) is 2. The molecule has 0 radical (unpaired) electrons. The molecule has 2 aromatic rings. The summed E-state index contributed by atoms with van der Waals surface area (Å²) in [4.78, 5) is 0. The molecule has 7 heteroatoms. The van der Waals surface area contributed by atoms with Crippen LogP contribution in [0.5, 0.6) is 17.2 Å². The molecular weight excluding hydrogens is 357 g/mol. The quantitative estimate of drug-likeness (QED) is 0.680. The predicted octanol–water partition coefficient (Wildman–Crippen LogP) is 5.65. The summed E-state index contributed by atoms with van der Waals surface area (Å²) in [6.45, 7) is 4.85. The maximum Gasteiger partial charge on any atom is 0.416 e. The predicted molar refractivity (Wildman–Crippen MR) is 89.3 cm³/mol. The highest BCUT2D eigenvalue weighted by Crippen LogP contribution is 2.41. The maximum atomic E-state index is 13.0. The fourth-order valence-electron chi connectivity index (χ4n) is 2.60. The summed E-state index contributed by atoms with van der Waals surface area (Å²) in [6, 6.07) is 6.01. The number of aromatic hydroxyl groups is 2. The van der Waals surface area contributed by atoms with E-state index in [0.717, 1.165) is 6.07 Å². The van der Waals surface area contributed by atoms with E-state index >= 15 is 0 Å². The van der Waals surface area contributed by atoms with Crippen molar-refractivity contribution in [1.82, 2.24) is 0 Å². The Morgan fingerprint density at radius 3 is 2.24 bits per heavy atom. The number of phenolic OH excluding ortho intramolecular Hbond substituents is 2. The Kier molecular flexibility index (Phi) is 5.14. The molecule has 2 rings (SSSR count). The lowest BCUT2D eigenvalue weighted by Crippen LogP contribution is -2.25. The molecule has 0 bridgehead atoms. The van der Waals surface area contributed by atoms with Crippen molar-refractivity contribution in [2.75, 3.05) is 0 Å². The molecule has 0 aliphatic rings. The van der Waals surface area contributed by atoms with Crippen molar-refractivity contribution in [3.63, 3.8) is 0 Å². The van der Waals surface area contributed by atoms with E-state index in [1.807, 2.05) is 0 Å². The second-order valence-corrected chi connectivity index (χ2v) is 6.51. The smallest absolute Gasteiger partial charge is 0.416 e. The van der Waals surface area contributed by atoms with Gasteiger partial charge in [-0.15, -0.1) is 0 Å². The van der Waals surface area contributed by atoms with Gasteiger partial charge in [-0.2, -0.15) is 13.2 Å². The van der Waals surface area contributed by atoms with Crippen LogP contribution in [0, 0.1) is 0 Å². The number of rotatable bonds is 4. The monoisotopic (exact) mass is 374 g/mol. The molecule has 0 aliphatic carbocycles. The maximum absolute atomic E-state index is 13.0. The highest BCUT2D eigenvalue weighted by Gasteiger charge is 2.34. The van der Waals surface area contributed by atoms with Gasteiger partial charge >= 0.3 is 6.18 Å². The van der Waals surface area contributed by atoms with Crippen molar-refractivity contribution in [2.45, 2.75) is 39.0 Å². The molecule has 0 aliphatic heterocycles. The molecule has 0 unspecified atom stereocenters. The zero-order valence-corrected chi connectivity index (χ0v) is 14.7. The van der Waals surface area contributed by atoms with Crippen LogP contribution in [-0.4, -0.2) is 10.2 Å². The van der Waals surface area contributed by atoms with Crippen LogP contribution in [0.25, 0.3) is 0 Å². The number of benzene rings is 2. The third kappa shape index (κ3) is 4.12. The molecule has 0 aromatic heterocycles. The van der Waals surface area contributed by atoms with Crippen molar-refractivity contribution >= 4 is 11.6 Å². The summed E-state index contributed by atoms with van der Waals surface area (Å²) in [7, 11) is 0. The summed E-state index contributed by atoms with van der Waals surface area (Å²) >= 11 is 5.86. The van der Waals surface area contributed by atoms with Gasteiger partial charge in [-0.05, 0) is 50.1 Å². The van der Waals surface area contributed by atoms with Crippen molar-refractivity contribution in [1.29, 1.82) is 0 Å².